The summed E-state index contributed by atoms with van der Waals surface area (Å²) in [5, 5.41) is 0. The summed E-state index contributed by atoms with van der Waals surface area (Å²) in [6, 6.07) is 6.31. The van der Waals surface area contributed by atoms with E-state index in [1.807, 2.05) is 13.0 Å². The van der Waals surface area contributed by atoms with Crippen LogP contribution in [0.4, 0.5) is 0 Å². The highest BCUT2D eigenvalue weighted by Crippen LogP contribution is 2.34. The molecule has 0 aromatic heterocycles. The van der Waals surface area contributed by atoms with Gasteiger partial charge in [-0.25, -0.2) is 0 Å². The summed E-state index contributed by atoms with van der Waals surface area (Å²) >= 11 is 0. The average Bonchev–Trinajstić information content (AvgIpc) is 2.19. The van der Waals surface area contributed by atoms with Gasteiger partial charge in [-0.1, -0.05) is 32.9 Å². The predicted octanol–water partition coefficient (Wildman–Crippen LogP) is 2.55. The fraction of sp³-hybridized carbons (Fsp3) is 0.538. The molecule has 0 heterocycles. The number of rotatable bonds is 3. The molecule has 1 rings (SSSR count). The molecule has 0 aliphatic heterocycles. The molecule has 0 aliphatic rings. The second-order valence-electron chi connectivity index (χ2n) is 5.19. The van der Waals surface area contributed by atoms with Gasteiger partial charge in [0.1, 0.15) is 5.75 Å². The maximum Gasteiger partial charge on any atom is 0.122 e. The van der Waals surface area contributed by atoms with Crippen LogP contribution in [0.5, 0.6) is 5.75 Å². The SMILES string of the molecule is COc1cc(C(NN)C(C)(C)C)ccc1C. The van der Waals surface area contributed by atoms with E-state index >= 15 is 0 Å². The Morgan fingerprint density at radius 1 is 1.31 bits per heavy atom. The van der Waals surface area contributed by atoms with Crippen molar-refractivity contribution in [1.29, 1.82) is 0 Å². The van der Waals surface area contributed by atoms with Gasteiger partial charge in [-0.05, 0) is 29.5 Å². The number of nitrogens with two attached hydrogens (primary N) is 1. The van der Waals surface area contributed by atoms with Crippen LogP contribution in [0, 0.1) is 12.3 Å². The Morgan fingerprint density at radius 3 is 2.38 bits per heavy atom. The summed E-state index contributed by atoms with van der Waals surface area (Å²) in [5.41, 5.74) is 5.22. The summed E-state index contributed by atoms with van der Waals surface area (Å²) in [6.45, 7) is 8.50. The van der Waals surface area contributed by atoms with E-state index in [0.717, 1.165) is 16.9 Å². The molecule has 3 heteroatoms. The molecule has 16 heavy (non-hydrogen) atoms. The molecule has 0 amide bonds. The van der Waals surface area contributed by atoms with E-state index in [-0.39, 0.29) is 11.5 Å². The van der Waals surface area contributed by atoms with Crippen molar-refractivity contribution in [2.75, 3.05) is 7.11 Å². The Morgan fingerprint density at radius 2 is 1.94 bits per heavy atom. The van der Waals surface area contributed by atoms with Gasteiger partial charge in [0, 0.05) is 0 Å². The van der Waals surface area contributed by atoms with Gasteiger partial charge >= 0.3 is 0 Å². The fourth-order valence-electron chi connectivity index (χ4n) is 1.86. The van der Waals surface area contributed by atoms with E-state index in [0.29, 0.717) is 0 Å². The molecule has 1 aromatic rings. The van der Waals surface area contributed by atoms with Crippen LogP contribution in [-0.2, 0) is 0 Å². The molecule has 90 valence electrons. The van der Waals surface area contributed by atoms with E-state index in [1.54, 1.807) is 7.11 Å². The maximum atomic E-state index is 5.63. The quantitative estimate of drug-likeness (QED) is 0.610. The van der Waals surface area contributed by atoms with Gasteiger partial charge in [-0.15, -0.1) is 0 Å². The zero-order valence-electron chi connectivity index (χ0n) is 10.8. The van der Waals surface area contributed by atoms with Crippen molar-refractivity contribution in [3.8, 4) is 5.75 Å². The summed E-state index contributed by atoms with van der Waals surface area (Å²) in [5.74, 6) is 6.53. The first-order valence-corrected chi connectivity index (χ1v) is 5.51. The number of benzene rings is 1. The zero-order valence-corrected chi connectivity index (χ0v) is 10.8. The number of nitrogens with one attached hydrogen (secondary N) is 1. The van der Waals surface area contributed by atoms with Gasteiger partial charge in [-0.3, -0.25) is 11.3 Å². The van der Waals surface area contributed by atoms with Gasteiger partial charge in [0.25, 0.3) is 0 Å². The van der Waals surface area contributed by atoms with Gasteiger partial charge in [0.2, 0.25) is 0 Å². The lowest BCUT2D eigenvalue weighted by Gasteiger charge is -2.30. The number of methoxy groups -OCH3 is 1. The smallest absolute Gasteiger partial charge is 0.122 e. The first kappa shape index (κ1) is 13.0. The summed E-state index contributed by atoms with van der Waals surface area (Å²) in [4.78, 5) is 0. The minimum Gasteiger partial charge on any atom is -0.496 e. The first-order chi connectivity index (χ1) is 7.40. The normalized spacial score (nSPS) is 13.6. The summed E-state index contributed by atoms with van der Waals surface area (Å²) < 4.78 is 5.32. The van der Waals surface area contributed by atoms with Crippen LogP contribution < -0.4 is 16.0 Å². The van der Waals surface area contributed by atoms with Crippen molar-refractivity contribution in [1.82, 2.24) is 5.43 Å². The fourth-order valence-corrected chi connectivity index (χ4v) is 1.86. The Labute approximate surface area is 98.0 Å². The van der Waals surface area contributed by atoms with E-state index in [9.17, 15) is 0 Å². The Bertz CT molecular complexity index is 355. The predicted molar refractivity (Wildman–Crippen MR) is 67.3 cm³/mol. The minimum atomic E-state index is 0.0645. The van der Waals surface area contributed by atoms with Crippen molar-refractivity contribution < 1.29 is 4.74 Å². The van der Waals surface area contributed by atoms with Crippen molar-refractivity contribution in [2.24, 2.45) is 11.3 Å². The van der Waals surface area contributed by atoms with E-state index in [1.165, 1.54) is 0 Å². The topological polar surface area (TPSA) is 47.3 Å². The first-order valence-electron chi connectivity index (χ1n) is 5.51. The van der Waals surface area contributed by atoms with Crippen molar-refractivity contribution >= 4 is 0 Å². The van der Waals surface area contributed by atoms with Crippen molar-refractivity contribution in [2.45, 2.75) is 33.7 Å². The Balaban J connectivity index is 3.12. The molecule has 3 N–H and O–H groups in total. The van der Waals surface area contributed by atoms with Crippen molar-refractivity contribution in [3.63, 3.8) is 0 Å². The summed E-state index contributed by atoms with van der Waals surface area (Å²) in [6.07, 6.45) is 0. The molecule has 1 unspecified atom stereocenters. The van der Waals surface area contributed by atoms with E-state index in [4.69, 9.17) is 10.6 Å². The molecule has 0 aliphatic carbocycles. The third-order valence-electron chi connectivity index (χ3n) is 2.80. The highest BCUT2D eigenvalue weighted by molar-refractivity contribution is 5.38. The van der Waals surface area contributed by atoms with Crippen LogP contribution in [0.25, 0.3) is 0 Å². The number of hydrogen-bond acceptors (Lipinski definition) is 3. The zero-order chi connectivity index (χ0) is 12.3. The third kappa shape index (κ3) is 2.74. The molecule has 0 saturated carbocycles. The number of ether oxygens (including phenoxy) is 1. The standard InChI is InChI=1S/C13H22N2O/c1-9-6-7-10(8-11(9)16-5)12(15-14)13(2,3)4/h6-8,12,15H,14H2,1-5H3. The van der Waals surface area contributed by atoms with E-state index in [2.05, 4.69) is 38.3 Å². The highest BCUT2D eigenvalue weighted by Gasteiger charge is 2.25. The van der Waals surface area contributed by atoms with Crippen LogP contribution >= 0.6 is 0 Å². The Kier molecular flexibility index (Phi) is 3.94. The second-order valence-corrected chi connectivity index (χ2v) is 5.19. The molecule has 3 nitrogen and oxygen atoms in total. The Hall–Kier alpha value is -1.06. The van der Waals surface area contributed by atoms with Crippen LogP contribution in [0.15, 0.2) is 18.2 Å². The molecule has 1 aromatic carbocycles. The van der Waals surface area contributed by atoms with Crippen LogP contribution in [0.3, 0.4) is 0 Å². The maximum absolute atomic E-state index is 5.63. The molecular formula is C13H22N2O. The molecular weight excluding hydrogens is 200 g/mol. The average molecular weight is 222 g/mol. The molecule has 1 atom stereocenters. The number of aryl methyl sites for hydroxylation is 1. The lowest BCUT2D eigenvalue weighted by atomic mass is 9.82. The number of hydrazine groups is 1. The van der Waals surface area contributed by atoms with Gasteiger partial charge in [0.15, 0.2) is 0 Å². The monoisotopic (exact) mass is 222 g/mol. The summed E-state index contributed by atoms with van der Waals surface area (Å²) in [7, 11) is 1.69. The third-order valence-corrected chi connectivity index (χ3v) is 2.80. The van der Waals surface area contributed by atoms with E-state index < -0.39 is 0 Å². The van der Waals surface area contributed by atoms with Crippen LogP contribution in [0.1, 0.15) is 37.9 Å². The van der Waals surface area contributed by atoms with Crippen LogP contribution in [0.2, 0.25) is 0 Å². The minimum absolute atomic E-state index is 0.0645. The van der Waals surface area contributed by atoms with Crippen LogP contribution in [-0.4, -0.2) is 7.11 Å². The van der Waals surface area contributed by atoms with Gasteiger partial charge < -0.3 is 4.74 Å². The molecule has 0 saturated heterocycles. The largest absolute Gasteiger partial charge is 0.496 e. The lowest BCUT2D eigenvalue weighted by molar-refractivity contribution is 0.274. The van der Waals surface area contributed by atoms with Gasteiger partial charge in [0.05, 0.1) is 13.2 Å². The molecule has 0 bridgehead atoms. The molecule has 0 radical (unpaired) electrons. The molecule has 0 fully saturated rings. The number of hydrogen-bond donors (Lipinski definition) is 2. The molecule has 0 spiro atoms. The lowest BCUT2D eigenvalue weighted by Crippen LogP contribution is -2.36. The second kappa shape index (κ2) is 4.85. The van der Waals surface area contributed by atoms with Gasteiger partial charge in [-0.2, -0.15) is 0 Å². The highest BCUT2D eigenvalue weighted by atomic mass is 16.5. The van der Waals surface area contributed by atoms with Crippen molar-refractivity contribution in [3.05, 3.63) is 29.3 Å².